The smallest absolute Gasteiger partial charge is 0.0234 e. The van der Waals surface area contributed by atoms with Crippen LogP contribution in [0.5, 0.6) is 0 Å². The fraction of sp³-hybridized carbons (Fsp3) is 0.571. The number of piperazine rings is 1. The van der Waals surface area contributed by atoms with Crippen molar-refractivity contribution in [2.24, 2.45) is 0 Å². The van der Waals surface area contributed by atoms with Crippen LogP contribution in [0.3, 0.4) is 0 Å². The summed E-state index contributed by atoms with van der Waals surface area (Å²) in [5.74, 6) is 0. The van der Waals surface area contributed by atoms with Gasteiger partial charge in [-0.3, -0.25) is 4.90 Å². The fourth-order valence-electron chi connectivity index (χ4n) is 1.86. The maximum absolute atomic E-state index is 2.52. The minimum atomic E-state index is 1.07. The SMILES string of the molecule is C\C=C/C(=C\C=C\C)CN1CCN(C)CC1. The van der Waals surface area contributed by atoms with Crippen molar-refractivity contribution in [1.29, 1.82) is 0 Å². The van der Waals surface area contributed by atoms with Crippen LogP contribution in [0.25, 0.3) is 0 Å². The molecule has 0 bridgehead atoms. The topological polar surface area (TPSA) is 6.48 Å². The lowest BCUT2D eigenvalue weighted by Crippen LogP contribution is -2.44. The minimum absolute atomic E-state index is 1.07. The molecule has 2 nitrogen and oxygen atoms in total. The van der Waals surface area contributed by atoms with Gasteiger partial charge >= 0.3 is 0 Å². The molecule has 0 N–H and O–H groups in total. The van der Waals surface area contributed by atoms with Gasteiger partial charge in [0.2, 0.25) is 0 Å². The van der Waals surface area contributed by atoms with E-state index in [1.54, 1.807) is 0 Å². The van der Waals surface area contributed by atoms with Crippen LogP contribution in [0.15, 0.2) is 36.0 Å². The van der Waals surface area contributed by atoms with Crippen molar-refractivity contribution in [3.63, 3.8) is 0 Å². The Bertz CT molecular complexity index is 268. The monoisotopic (exact) mass is 220 g/mol. The van der Waals surface area contributed by atoms with E-state index in [1.807, 2.05) is 0 Å². The van der Waals surface area contributed by atoms with Gasteiger partial charge in [-0.1, -0.05) is 30.4 Å². The zero-order valence-electron chi connectivity index (χ0n) is 10.8. The molecule has 0 radical (unpaired) electrons. The van der Waals surface area contributed by atoms with Gasteiger partial charge in [-0.05, 0) is 26.5 Å². The summed E-state index contributed by atoms with van der Waals surface area (Å²) in [5, 5.41) is 0. The van der Waals surface area contributed by atoms with E-state index in [-0.39, 0.29) is 0 Å². The van der Waals surface area contributed by atoms with Gasteiger partial charge < -0.3 is 4.90 Å². The molecule has 16 heavy (non-hydrogen) atoms. The van der Waals surface area contributed by atoms with Crippen molar-refractivity contribution in [3.05, 3.63) is 36.0 Å². The summed E-state index contributed by atoms with van der Waals surface area (Å²) in [7, 11) is 2.19. The fourth-order valence-corrected chi connectivity index (χ4v) is 1.86. The van der Waals surface area contributed by atoms with Crippen molar-refractivity contribution < 1.29 is 0 Å². The summed E-state index contributed by atoms with van der Waals surface area (Å²) in [6, 6.07) is 0. The quantitative estimate of drug-likeness (QED) is 0.671. The van der Waals surface area contributed by atoms with Crippen molar-refractivity contribution >= 4 is 0 Å². The number of likely N-dealkylation sites (N-methyl/N-ethyl adjacent to an activating group) is 1. The maximum atomic E-state index is 2.52. The Morgan fingerprint density at radius 3 is 2.31 bits per heavy atom. The highest BCUT2D eigenvalue weighted by Crippen LogP contribution is 2.06. The van der Waals surface area contributed by atoms with E-state index < -0.39 is 0 Å². The van der Waals surface area contributed by atoms with E-state index >= 15 is 0 Å². The summed E-state index contributed by atoms with van der Waals surface area (Å²) in [5.41, 5.74) is 1.39. The van der Waals surface area contributed by atoms with Gasteiger partial charge in [0.15, 0.2) is 0 Å². The Labute approximate surface area is 99.9 Å². The summed E-state index contributed by atoms with van der Waals surface area (Å²) < 4.78 is 0. The van der Waals surface area contributed by atoms with Crippen molar-refractivity contribution in [2.45, 2.75) is 13.8 Å². The molecular formula is C14H24N2. The van der Waals surface area contributed by atoms with Crippen LogP contribution in [0.1, 0.15) is 13.8 Å². The van der Waals surface area contributed by atoms with Crippen LogP contribution in [0, 0.1) is 0 Å². The zero-order chi connectivity index (χ0) is 11.8. The van der Waals surface area contributed by atoms with Gasteiger partial charge in [0, 0.05) is 32.7 Å². The highest BCUT2D eigenvalue weighted by Gasteiger charge is 2.13. The second-order valence-corrected chi connectivity index (χ2v) is 4.35. The molecule has 0 atom stereocenters. The van der Waals surface area contributed by atoms with Gasteiger partial charge in [0.05, 0.1) is 0 Å². The lowest BCUT2D eigenvalue weighted by molar-refractivity contribution is 0.165. The van der Waals surface area contributed by atoms with Crippen LogP contribution < -0.4 is 0 Å². The number of nitrogens with zero attached hydrogens (tertiary/aromatic N) is 2. The third-order valence-corrected chi connectivity index (χ3v) is 2.89. The molecule has 0 saturated carbocycles. The molecule has 0 amide bonds. The number of rotatable bonds is 4. The van der Waals surface area contributed by atoms with E-state index in [9.17, 15) is 0 Å². The van der Waals surface area contributed by atoms with Crippen molar-refractivity contribution in [2.75, 3.05) is 39.8 Å². The summed E-state index contributed by atoms with van der Waals surface area (Å²) in [4.78, 5) is 4.91. The van der Waals surface area contributed by atoms with E-state index in [1.165, 1.54) is 31.8 Å². The predicted octanol–water partition coefficient (Wildman–Crippen LogP) is 2.31. The lowest BCUT2D eigenvalue weighted by Gasteiger charge is -2.32. The van der Waals surface area contributed by atoms with Gasteiger partial charge in [-0.25, -0.2) is 0 Å². The third kappa shape index (κ3) is 4.77. The average molecular weight is 220 g/mol. The molecule has 1 aliphatic heterocycles. The van der Waals surface area contributed by atoms with Crippen LogP contribution in [-0.4, -0.2) is 49.6 Å². The Morgan fingerprint density at radius 1 is 1.06 bits per heavy atom. The molecule has 1 aliphatic rings. The number of hydrogen-bond donors (Lipinski definition) is 0. The first-order valence-electron chi connectivity index (χ1n) is 6.11. The Kier molecular flexibility index (Phi) is 6.12. The molecular weight excluding hydrogens is 196 g/mol. The van der Waals surface area contributed by atoms with Crippen molar-refractivity contribution in [3.8, 4) is 0 Å². The predicted molar refractivity (Wildman–Crippen MR) is 71.6 cm³/mol. The molecule has 90 valence electrons. The first-order valence-corrected chi connectivity index (χ1v) is 6.11. The second-order valence-electron chi connectivity index (χ2n) is 4.35. The first kappa shape index (κ1) is 13.2. The van der Waals surface area contributed by atoms with Crippen LogP contribution >= 0.6 is 0 Å². The standard InChI is InChI=1S/C14H24N2/c1-4-6-8-14(7-5-2)13-16-11-9-15(3)10-12-16/h4-8H,9-13H2,1-3H3/b6-4+,7-5-,14-8+. The number of allylic oxidation sites excluding steroid dienone is 4. The Hall–Kier alpha value is -0.860. The summed E-state index contributed by atoms with van der Waals surface area (Å²) in [6.07, 6.45) is 10.7. The summed E-state index contributed by atoms with van der Waals surface area (Å²) in [6.45, 7) is 9.94. The molecule has 0 spiro atoms. The van der Waals surface area contributed by atoms with Crippen molar-refractivity contribution in [1.82, 2.24) is 9.80 Å². The normalized spacial score (nSPS) is 21.3. The third-order valence-electron chi connectivity index (χ3n) is 2.89. The Balaban J connectivity index is 2.48. The molecule has 0 aromatic heterocycles. The highest BCUT2D eigenvalue weighted by molar-refractivity contribution is 5.24. The molecule has 1 heterocycles. The molecule has 2 heteroatoms. The molecule has 0 aromatic rings. The average Bonchev–Trinajstić information content (AvgIpc) is 2.29. The van der Waals surface area contributed by atoms with Gasteiger partial charge in [0.25, 0.3) is 0 Å². The van der Waals surface area contributed by atoms with Gasteiger partial charge in [0.1, 0.15) is 0 Å². The Morgan fingerprint density at radius 2 is 1.75 bits per heavy atom. The zero-order valence-corrected chi connectivity index (χ0v) is 10.8. The summed E-state index contributed by atoms with van der Waals surface area (Å²) >= 11 is 0. The largest absolute Gasteiger partial charge is 0.304 e. The van der Waals surface area contributed by atoms with E-state index in [2.05, 4.69) is 61.1 Å². The maximum Gasteiger partial charge on any atom is 0.0234 e. The second kappa shape index (κ2) is 7.42. The highest BCUT2D eigenvalue weighted by atomic mass is 15.2. The van der Waals surface area contributed by atoms with E-state index in [4.69, 9.17) is 0 Å². The van der Waals surface area contributed by atoms with Gasteiger partial charge in [-0.2, -0.15) is 0 Å². The molecule has 0 unspecified atom stereocenters. The number of hydrogen-bond acceptors (Lipinski definition) is 2. The molecule has 1 saturated heterocycles. The molecule has 1 rings (SSSR count). The molecule has 0 aliphatic carbocycles. The van der Waals surface area contributed by atoms with E-state index in [0.717, 1.165) is 6.54 Å². The van der Waals surface area contributed by atoms with Gasteiger partial charge in [-0.15, -0.1) is 0 Å². The molecule has 1 fully saturated rings. The van der Waals surface area contributed by atoms with Crippen LogP contribution in [0.2, 0.25) is 0 Å². The minimum Gasteiger partial charge on any atom is -0.304 e. The molecule has 0 aromatic carbocycles. The van der Waals surface area contributed by atoms with Crippen LogP contribution in [-0.2, 0) is 0 Å². The lowest BCUT2D eigenvalue weighted by atomic mass is 10.2. The van der Waals surface area contributed by atoms with Crippen LogP contribution in [0.4, 0.5) is 0 Å². The van der Waals surface area contributed by atoms with E-state index in [0.29, 0.717) is 0 Å². The first-order chi connectivity index (χ1) is 7.76.